The average Bonchev–Trinajstić information content (AvgIpc) is 3.18. The maximum atomic E-state index is 5.56. The largest absolute Gasteiger partial charge is 0.380 e. The fraction of sp³-hybridized carbons (Fsp3) is 0.600. The van der Waals surface area contributed by atoms with E-state index in [0.717, 1.165) is 38.6 Å². The minimum absolute atomic E-state index is 0.863. The lowest BCUT2D eigenvalue weighted by molar-refractivity contribution is 0.126. The minimum atomic E-state index is 0.863. The number of ether oxygens (including phenoxy) is 1. The van der Waals surface area contributed by atoms with Crippen molar-refractivity contribution < 1.29 is 4.74 Å². The second kappa shape index (κ2) is 7.46. The summed E-state index contributed by atoms with van der Waals surface area (Å²) in [5.74, 6) is 0.882. The summed E-state index contributed by atoms with van der Waals surface area (Å²) in [7, 11) is 0. The van der Waals surface area contributed by atoms with E-state index in [1.165, 1.54) is 24.8 Å². The smallest absolute Gasteiger partial charge is 0.0591 e. The Balaban J connectivity index is 1.38. The van der Waals surface area contributed by atoms with Crippen molar-refractivity contribution in [1.82, 2.24) is 5.32 Å². The first-order chi connectivity index (χ1) is 8.45. The van der Waals surface area contributed by atoms with Gasteiger partial charge in [-0.1, -0.05) is 30.3 Å². The molecule has 0 heterocycles. The van der Waals surface area contributed by atoms with Crippen molar-refractivity contribution in [3.63, 3.8) is 0 Å². The standard InChI is InChI=1S/C15H23NO/c1-2-5-14(6-3-1)7-4-10-16-11-12-17-13-15-8-9-15/h1-3,5-6,15-16H,4,7-13H2. The molecule has 0 aliphatic heterocycles. The lowest BCUT2D eigenvalue weighted by Crippen LogP contribution is -2.21. The van der Waals surface area contributed by atoms with Crippen LogP contribution in [-0.2, 0) is 11.2 Å². The third-order valence-electron chi connectivity index (χ3n) is 3.14. The van der Waals surface area contributed by atoms with Crippen LogP contribution in [0.3, 0.4) is 0 Å². The number of hydrogen-bond acceptors (Lipinski definition) is 2. The van der Waals surface area contributed by atoms with Crippen LogP contribution in [0.1, 0.15) is 24.8 Å². The van der Waals surface area contributed by atoms with Crippen LogP contribution in [0.5, 0.6) is 0 Å². The van der Waals surface area contributed by atoms with Gasteiger partial charge in [-0.2, -0.15) is 0 Å². The third kappa shape index (κ3) is 5.85. The number of hydrogen-bond donors (Lipinski definition) is 1. The Bertz CT molecular complexity index is 295. The fourth-order valence-corrected chi connectivity index (χ4v) is 1.87. The van der Waals surface area contributed by atoms with Crippen molar-refractivity contribution in [3.05, 3.63) is 35.9 Å². The Morgan fingerprint density at radius 3 is 2.71 bits per heavy atom. The maximum Gasteiger partial charge on any atom is 0.0591 e. The molecule has 0 unspecified atom stereocenters. The molecule has 0 atom stereocenters. The van der Waals surface area contributed by atoms with E-state index in [2.05, 4.69) is 35.6 Å². The molecule has 2 nitrogen and oxygen atoms in total. The van der Waals surface area contributed by atoms with Gasteiger partial charge in [-0.15, -0.1) is 0 Å². The molecule has 1 aromatic rings. The Hall–Kier alpha value is -0.860. The van der Waals surface area contributed by atoms with Gasteiger partial charge >= 0.3 is 0 Å². The summed E-state index contributed by atoms with van der Waals surface area (Å²) >= 11 is 0. The van der Waals surface area contributed by atoms with Crippen molar-refractivity contribution >= 4 is 0 Å². The van der Waals surface area contributed by atoms with Crippen LogP contribution in [0, 0.1) is 5.92 Å². The highest BCUT2D eigenvalue weighted by Crippen LogP contribution is 2.28. The molecule has 1 N–H and O–H groups in total. The predicted molar refractivity (Wildman–Crippen MR) is 71.2 cm³/mol. The number of aryl methyl sites for hydroxylation is 1. The Kier molecular flexibility index (Phi) is 5.53. The number of rotatable bonds is 9. The molecule has 0 amide bonds. The fourth-order valence-electron chi connectivity index (χ4n) is 1.87. The highest BCUT2D eigenvalue weighted by atomic mass is 16.5. The van der Waals surface area contributed by atoms with Gasteiger partial charge in [0.1, 0.15) is 0 Å². The molecule has 1 aromatic carbocycles. The summed E-state index contributed by atoms with van der Waals surface area (Å²) in [4.78, 5) is 0. The van der Waals surface area contributed by atoms with Crippen LogP contribution in [0.15, 0.2) is 30.3 Å². The molecule has 1 fully saturated rings. The van der Waals surface area contributed by atoms with Crippen LogP contribution in [0.2, 0.25) is 0 Å². The molecule has 2 heteroatoms. The molecule has 0 spiro atoms. The zero-order valence-electron chi connectivity index (χ0n) is 10.5. The lowest BCUT2D eigenvalue weighted by Gasteiger charge is -2.05. The first-order valence-electron chi connectivity index (χ1n) is 6.77. The van der Waals surface area contributed by atoms with Crippen LogP contribution >= 0.6 is 0 Å². The van der Waals surface area contributed by atoms with Gasteiger partial charge in [-0.3, -0.25) is 0 Å². The Morgan fingerprint density at radius 2 is 1.94 bits per heavy atom. The second-order valence-corrected chi connectivity index (χ2v) is 4.86. The SMILES string of the molecule is c1ccc(CCCNCCOCC2CC2)cc1. The van der Waals surface area contributed by atoms with E-state index in [1.54, 1.807) is 0 Å². The summed E-state index contributed by atoms with van der Waals surface area (Å²) in [6, 6.07) is 10.7. The van der Waals surface area contributed by atoms with Crippen LogP contribution in [-0.4, -0.2) is 26.3 Å². The molecule has 0 bridgehead atoms. The van der Waals surface area contributed by atoms with Crippen molar-refractivity contribution in [2.45, 2.75) is 25.7 Å². The van der Waals surface area contributed by atoms with Crippen molar-refractivity contribution in [3.8, 4) is 0 Å². The lowest BCUT2D eigenvalue weighted by atomic mass is 10.1. The van der Waals surface area contributed by atoms with Gasteiger partial charge < -0.3 is 10.1 Å². The Morgan fingerprint density at radius 1 is 1.12 bits per heavy atom. The van der Waals surface area contributed by atoms with Crippen molar-refractivity contribution in [1.29, 1.82) is 0 Å². The van der Waals surface area contributed by atoms with Gasteiger partial charge in [0.25, 0.3) is 0 Å². The summed E-state index contributed by atoms with van der Waals surface area (Å²) < 4.78 is 5.56. The molecule has 2 rings (SSSR count). The van der Waals surface area contributed by atoms with E-state index in [1.807, 2.05) is 0 Å². The average molecular weight is 233 g/mol. The topological polar surface area (TPSA) is 21.3 Å². The monoisotopic (exact) mass is 233 g/mol. The van der Waals surface area contributed by atoms with Crippen molar-refractivity contribution in [2.75, 3.05) is 26.3 Å². The number of nitrogens with one attached hydrogen (secondary N) is 1. The van der Waals surface area contributed by atoms with E-state index in [4.69, 9.17) is 4.74 Å². The molecule has 17 heavy (non-hydrogen) atoms. The predicted octanol–water partition coefficient (Wildman–Crippen LogP) is 2.64. The normalized spacial score (nSPS) is 15.1. The van der Waals surface area contributed by atoms with Crippen LogP contribution < -0.4 is 5.32 Å². The van der Waals surface area contributed by atoms with E-state index < -0.39 is 0 Å². The summed E-state index contributed by atoms with van der Waals surface area (Å²) in [5, 5.41) is 3.42. The second-order valence-electron chi connectivity index (χ2n) is 4.86. The highest BCUT2D eigenvalue weighted by Gasteiger charge is 2.20. The molecule has 0 saturated heterocycles. The van der Waals surface area contributed by atoms with E-state index >= 15 is 0 Å². The minimum Gasteiger partial charge on any atom is -0.380 e. The molecule has 1 aliphatic rings. The zero-order valence-corrected chi connectivity index (χ0v) is 10.5. The van der Waals surface area contributed by atoms with E-state index in [9.17, 15) is 0 Å². The van der Waals surface area contributed by atoms with Gasteiger partial charge in [-0.05, 0) is 43.7 Å². The quantitative estimate of drug-likeness (QED) is 0.662. The van der Waals surface area contributed by atoms with Crippen LogP contribution in [0.4, 0.5) is 0 Å². The van der Waals surface area contributed by atoms with Crippen molar-refractivity contribution in [2.24, 2.45) is 5.92 Å². The Labute approximate surface area is 104 Å². The molecular formula is C15H23NO. The molecule has 1 aliphatic carbocycles. The molecular weight excluding hydrogens is 210 g/mol. The summed E-state index contributed by atoms with van der Waals surface area (Å²) in [6.07, 6.45) is 5.12. The van der Waals surface area contributed by atoms with E-state index in [0.29, 0.717) is 0 Å². The molecule has 94 valence electrons. The first kappa shape index (κ1) is 12.6. The molecule has 1 saturated carbocycles. The van der Waals surface area contributed by atoms with E-state index in [-0.39, 0.29) is 0 Å². The number of benzene rings is 1. The third-order valence-corrected chi connectivity index (χ3v) is 3.14. The van der Waals surface area contributed by atoms with Gasteiger partial charge in [0, 0.05) is 13.2 Å². The van der Waals surface area contributed by atoms with Gasteiger partial charge in [0.2, 0.25) is 0 Å². The highest BCUT2D eigenvalue weighted by molar-refractivity contribution is 5.14. The van der Waals surface area contributed by atoms with Gasteiger partial charge in [0.05, 0.1) is 6.61 Å². The maximum absolute atomic E-state index is 5.56. The molecule has 0 radical (unpaired) electrons. The van der Waals surface area contributed by atoms with Gasteiger partial charge in [0.15, 0.2) is 0 Å². The summed E-state index contributed by atoms with van der Waals surface area (Å²) in [5.41, 5.74) is 1.43. The van der Waals surface area contributed by atoms with Crippen LogP contribution in [0.25, 0.3) is 0 Å². The van der Waals surface area contributed by atoms with Gasteiger partial charge in [-0.25, -0.2) is 0 Å². The summed E-state index contributed by atoms with van der Waals surface area (Å²) in [6.45, 7) is 3.91. The molecule has 0 aromatic heterocycles. The first-order valence-corrected chi connectivity index (χ1v) is 6.77. The zero-order chi connectivity index (χ0) is 11.8.